The molecule has 3 aromatic carbocycles. The molecule has 6 aromatic rings. The smallest absolute Gasteiger partial charge is 0.247 e. The summed E-state index contributed by atoms with van der Waals surface area (Å²) in [4.78, 5) is 71.9. The van der Waals surface area contributed by atoms with Crippen molar-refractivity contribution in [2.75, 3.05) is 56.3 Å². The molecule has 6 N–H and O–H groups in total. The van der Waals surface area contributed by atoms with Gasteiger partial charge in [-0.3, -0.25) is 19.2 Å². The minimum atomic E-state index is -0.870. The maximum Gasteiger partial charge on any atom is 0.247 e. The second-order valence-electron chi connectivity index (χ2n) is 20.0. The number of nitrogens with zero attached hydrogens (tertiary/aromatic N) is 6. The molecule has 1 aliphatic heterocycles. The second kappa shape index (κ2) is 25.2. The van der Waals surface area contributed by atoms with Crippen molar-refractivity contribution in [2.24, 2.45) is 12.5 Å². The van der Waals surface area contributed by atoms with Gasteiger partial charge in [-0.05, 0) is 74.2 Å². The third-order valence-electron chi connectivity index (χ3n) is 13.3. The number of aliphatic hydroxyl groups is 1. The van der Waals surface area contributed by atoms with Crippen LogP contribution in [0.2, 0.25) is 0 Å². The molecular formula is C56H71N11O6S. The highest BCUT2D eigenvalue weighted by atomic mass is 32.1. The van der Waals surface area contributed by atoms with E-state index in [1.807, 2.05) is 88.8 Å². The predicted octanol–water partition coefficient (Wildman–Crippen LogP) is 8.44. The molecule has 0 saturated carbocycles. The molecule has 18 heteroatoms. The Balaban J connectivity index is 0.831. The number of hydrogen-bond acceptors (Lipinski definition) is 13. The summed E-state index contributed by atoms with van der Waals surface area (Å²) < 4.78 is 7.87. The largest absolute Gasteiger partial charge is 0.494 e. The number of likely N-dealkylation sites (N-methyl/N-ethyl adjacent to an activating group) is 1. The lowest BCUT2D eigenvalue weighted by molar-refractivity contribution is -0.144. The van der Waals surface area contributed by atoms with E-state index < -0.39 is 23.6 Å². The minimum absolute atomic E-state index is 0.0210. The number of thiazole rings is 1. The van der Waals surface area contributed by atoms with Crippen LogP contribution >= 0.6 is 11.3 Å². The Morgan fingerprint density at radius 1 is 0.973 bits per heavy atom. The summed E-state index contributed by atoms with van der Waals surface area (Å²) in [5.41, 5.74) is 8.77. The number of hydrogen-bond donors (Lipinski definition) is 6. The van der Waals surface area contributed by atoms with E-state index in [1.54, 1.807) is 30.7 Å². The number of likely N-dealkylation sites (tertiary alicyclic amines) is 1. The van der Waals surface area contributed by atoms with Crippen molar-refractivity contribution in [3.05, 3.63) is 109 Å². The predicted molar refractivity (Wildman–Crippen MR) is 294 cm³/mol. The molecule has 3 aromatic heterocycles. The minimum Gasteiger partial charge on any atom is -0.494 e. The molecule has 1 saturated heterocycles. The maximum atomic E-state index is 14.1. The van der Waals surface area contributed by atoms with Crippen LogP contribution < -0.4 is 31.3 Å². The molecule has 17 nitrogen and oxygen atoms in total. The van der Waals surface area contributed by atoms with E-state index in [0.29, 0.717) is 41.7 Å². The lowest BCUT2D eigenvalue weighted by Crippen LogP contribution is -2.57. The van der Waals surface area contributed by atoms with Gasteiger partial charge < -0.3 is 50.8 Å². The highest BCUT2D eigenvalue weighted by molar-refractivity contribution is 7.13. The van der Waals surface area contributed by atoms with E-state index in [0.717, 1.165) is 82.6 Å². The maximum absolute atomic E-state index is 14.1. The number of β-amino-alcohol motifs (C(OH)–C–C–N with tert-alkyl or cyclic N) is 1. The van der Waals surface area contributed by atoms with E-state index >= 15 is 0 Å². The quantitative estimate of drug-likeness (QED) is 0.0250. The van der Waals surface area contributed by atoms with Gasteiger partial charge in [0, 0.05) is 81.0 Å². The number of amides is 4. The number of aryl methyl sites for hydroxylation is 2. The number of ether oxygens (including phenoxy) is 1. The van der Waals surface area contributed by atoms with Crippen LogP contribution in [0, 0.1) is 12.3 Å². The number of unbranched alkanes of at least 4 members (excludes halogenated alkanes) is 4. The van der Waals surface area contributed by atoms with E-state index in [1.165, 1.54) is 11.0 Å². The summed E-state index contributed by atoms with van der Waals surface area (Å²) in [5.74, 6) is -0.373. The van der Waals surface area contributed by atoms with Crippen LogP contribution in [0.5, 0.6) is 5.75 Å². The fourth-order valence-electron chi connectivity index (χ4n) is 9.22. The summed E-state index contributed by atoms with van der Waals surface area (Å²) in [6.45, 7) is 13.8. The number of aromatic nitrogens is 4. The number of aliphatic hydroxyl groups excluding tert-OH is 1. The van der Waals surface area contributed by atoms with E-state index in [-0.39, 0.29) is 49.6 Å². The Kier molecular flexibility index (Phi) is 18.6. The third-order valence-corrected chi connectivity index (χ3v) is 14.3. The van der Waals surface area contributed by atoms with Crippen molar-refractivity contribution < 1.29 is 29.0 Å². The summed E-state index contributed by atoms with van der Waals surface area (Å²) >= 11 is 1.58. The van der Waals surface area contributed by atoms with Crippen LogP contribution in [0.25, 0.3) is 32.6 Å². The Labute approximate surface area is 438 Å². The summed E-state index contributed by atoms with van der Waals surface area (Å²) in [5, 5.41) is 27.3. The molecule has 0 spiro atoms. The summed E-state index contributed by atoms with van der Waals surface area (Å²) in [6.07, 6.45) is 9.05. The van der Waals surface area contributed by atoms with Gasteiger partial charge in [-0.1, -0.05) is 89.1 Å². The van der Waals surface area contributed by atoms with Gasteiger partial charge >= 0.3 is 0 Å². The zero-order chi connectivity index (χ0) is 52.9. The first-order valence-electron chi connectivity index (χ1n) is 25.3. The highest BCUT2D eigenvalue weighted by Gasteiger charge is 2.44. The van der Waals surface area contributed by atoms with Crippen LogP contribution in [0.15, 0.2) is 97.3 Å². The average molecular weight is 1030 g/mol. The zero-order valence-corrected chi connectivity index (χ0v) is 44.5. The number of fused-ring (bicyclic) bond motifs is 1. The van der Waals surface area contributed by atoms with Gasteiger partial charge in [-0.15, -0.1) is 11.3 Å². The number of carbonyl (C=O) groups excluding carboxylic acids is 4. The third kappa shape index (κ3) is 14.1. The molecule has 7 rings (SSSR count). The number of rotatable bonds is 24. The van der Waals surface area contributed by atoms with Crippen LogP contribution in [0.1, 0.15) is 77.0 Å². The van der Waals surface area contributed by atoms with E-state index in [9.17, 15) is 24.3 Å². The van der Waals surface area contributed by atoms with Gasteiger partial charge in [-0.25, -0.2) is 15.0 Å². The molecule has 4 amide bonds. The van der Waals surface area contributed by atoms with Gasteiger partial charge in [0.1, 0.15) is 17.8 Å². The molecule has 74 heavy (non-hydrogen) atoms. The molecule has 0 aliphatic carbocycles. The molecule has 392 valence electrons. The topological polar surface area (TPSA) is 208 Å². The molecule has 1 fully saturated rings. The Morgan fingerprint density at radius 2 is 1.73 bits per heavy atom. The van der Waals surface area contributed by atoms with Crippen LogP contribution in [-0.4, -0.2) is 117 Å². The standard InChI is InChI=1S/C56H71N11O6S/c1-9-49(69)61-44-30-45(63-55-58-25-24-42(62-55)41-34-66(7)46-18-15-14-17-40(41)46)48(73-8)31-43(44)57-26-28-65(6)27-16-12-10-11-13-19-50(70)64-52(56(3,4)5)54(72)67-33-39(68)29-47(67)53(71)59-32-37-20-22-38(23-21-37)51-36(2)60-35-74-51/h9,14-15,17-18,20-25,30-31,34-35,39,47,52,57,68H,1,10-13,16,19,26-29,32-33H2,2-8H3,(H,59,71)(H,61,69)(H,64,70)(H,58,62,63)/t39-,47+,52-/m1/s1. The first-order valence-corrected chi connectivity index (χ1v) is 26.2. The first kappa shape index (κ1) is 54.6. The van der Waals surface area contributed by atoms with Crippen molar-refractivity contribution in [3.8, 4) is 27.4 Å². The van der Waals surface area contributed by atoms with Crippen LogP contribution in [0.3, 0.4) is 0 Å². The van der Waals surface area contributed by atoms with Crippen molar-refractivity contribution in [1.29, 1.82) is 0 Å². The average Bonchev–Trinajstić information content (AvgIpc) is 4.10. The first-order chi connectivity index (χ1) is 35.5. The number of benzene rings is 3. The van der Waals surface area contributed by atoms with Crippen LogP contribution in [0.4, 0.5) is 23.0 Å². The van der Waals surface area contributed by atoms with Gasteiger partial charge in [0.05, 0.1) is 52.1 Å². The van der Waals surface area contributed by atoms with Gasteiger partial charge in [0.15, 0.2) is 0 Å². The Morgan fingerprint density at radius 3 is 2.46 bits per heavy atom. The molecule has 0 unspecified atom stereocenters. The van der Waals surface area contributed by atoms with Crippen molar-refractivity contribution in [2.45, 2.75) is 97.4 Å². The molecule has 1 aliphatic rings. The van der Waals surface area contributed by atoms with Gasteiger partial charge in [0.25, 0.3) is 0 Å². The van der Waals surface area contributed by atoms with Crippen molar-refractivity contribution in [1.82, 2.24) is 40.0 Å². The molecule has 0 radical (unpaired) electrons. The lowest BCUT2D eigenvalue weighted by Gasteiger charge is -2.35. The number of anilines is 4. The molecule has 4 heterocycles. The SMILES string of the molecule is C=CC(=O)Nc1cc(Nc2nccc(-c3cn(C)c4ccccc34)n2)c(OC)cc1NCCN(C)CCCCCCCC(=O)N[C@H](C(=O)N1C[C@H](O)C[C@H]1C(=O)NCc1ccc(-c2scnc2C)cc1)C(C)(C)C. The number of methoxy groups -OCH3 is 1. The molecule has 0 bridgehead atoms. The fourth-order valence-corrected chi connectivity index (χ4v) is 10.0. The monoisotopic (exact) mass is 1030 g/mol. The lowest BCUT2D eigenvalue weighted by atomic mass is 9.85. The van der Waals surface area contributed by atoms with E-state index in [4.69, 9.17) is 9.72 Å². The van der Waals surface area contributed by atoms with Gasteiger partial charge in [0.2, 0.25) is 29.6 Å². The van der Waals surface area contributed by atoms with Crippen LogP contribution in [-0.2, 0) is 32.8 Å². The zero-order valence-electron chi connectivity index (χ0n) is 43.7. The van der Waals surface area contributed by atoms with E-state index in [2.05, 4.69) is 78.0 Å². The summed E-state index contributed by atoms with van der Waals surface area (Å²) in [7, 11) is 5.67. The van der Waals surface area contributed by atoms with Gasteiger partial charge in [-0.2, -0.15) is 0 Å². The van der Waals surface area contributed by atoms with Crippen molar-refractivity contribution in [3.63, 3.8) is 0 Å². The number of para-hydroxylation sites is 1. The Bertz CT molecular complexity index is 2910. The fraction of sp³-hybridized carbons (Fsp3) is 0.411. The molecular weight excluding hydrogens is 955 g/mol. The number of nitrogens with one attached hydrogen (secondary N) is 5. The van der Waals surface area contributed by atoms with Crippen molar-refractivity contribution >= 4 is 68.9 Å². The Hall–Kier alpha value is -7.15. The second-order valence-corrected chi connectivity index (χ2v) is 20.9. The normalized spacial score (nSPS) is 15.0. The molecule has 3 atom stereocenters. The summed E-state index contributed by atoms with van der Waals surface area (Å²) in [6, 6.07) is 19.9. The highest BCUT2D eigenvalue weighted by Crippen LogP contribution is 2.37. The number of carbonyl (C=O) groups is 4.